The van der Waals surface area contributed by atoms with Gasteiger partial charge in [-0.15, -0.1) is 5.10 Å². The lowest BCUT2D eigenvalue weighted by Crippen LogP contribution is -2.36. The molecule has 1 heterocycles. The summed E-state index contributed by atoms with van der Waals surface area (Å²) in [5, 5.41) is 14.3. The summed E-state index contributed by atoms with van der Waals surface area (Å²) in [6, 6.07) is 0.429. The lowest BCUT2D eigenvalue weighted by molar-refractivity contribution is 0.156. The second-order valence-corrected chi connectivity index (χ2v) is 5.47. The van der Waals surface area contributed by atoms with Crippen molar-refractivity contribution in [1.82, 2.24) is 15.5 Å². The number of ether oxygens (including phenoxy) is 1. The first-order valence-corrected chi connectivity index (χ1v) is 6.23. The average molecular weight is 256 g/mol. The SMILES string of the molecule is COCC(C)(C)Nc1nnc(CNCC(C)C)o1. The topological polar surface area (TPSA) is 72.2 Å². The summed E-state index contributed by atoms with van der Waals surface area (Å²) in [5.41, 5.74) is -0.232. The maximum atomic E-state index is 5.50. The van der Waals surface area contributed by atoms with Crippen molar-refractivity contribution < 1.29 is 9.15 Å². The Labute approximate surface area is 108 Å². The van der Waals surface area contributed by atoms with Gasteiger partial charge in [0, 0.05) is 7.11 Å². The van der Waals surface area contributed by atoms with Crippen LogP contribution < -0.4 is 10.6 Å². The highest BCUT2D eigenvalue weighted by Crippen LogP contribution is 2.13. The van der Waals surface area contributed by atoms with Crippen molar-refractivity contribution in [1.29, 1.82) is 0 Å². The van der Waals surface area contributed by atoms with E-state index in [1.165, 1.54) is 0 Å². The van der Waals surface area contributed by atoms with Gasteiger partial charge in [-0.1, -0.05) is 18.9 Å². The third-order valence-electron chi connectivity index (χ3n) is 2.25. The smallest absolute Gasteiger partial charge is 0.316 e. The molecule has 0 spiro atoms. The highest BCUT2D eigenvalue weighted by Gasteiger charge is 2.20. The van der Waals surface area contributed by atoms with Crippen LogP contribution in [-0.4, -0.2) is 36.0 Å². The lowest BCUT2D eigenvalue weighted by Gasteiger charge is -2.23. The van der Waals surface area contributed by atoms with Crippen LogP contribution in [0.25, 0.3) is 0 Å². The van der Waals surface area contributed by atoms with Gasteiger partial charge in [0.1, 0.15) is 0 Å². The summed E-state index contributed by atoms with van der Waals surface area (Å²) in [5.74, 6) is 1.19. The fraction of sp³-hybridized carbons (Fsp3) is 0.833. The first-order valence-electron chi connectivity index (χ1n) is 6.23. The van der Waals surface area contributed by atoms with Gasteiger partial charge in [0.05, 0.1) is 18.7 Å². The Morgan fingerprint density at radius 2 is 2.06 bits per heavy atom. The molecule has 1 rings (SSSR count). The van der Waals surface area contributed by atoms with Gasteiger partial charge in [0.25, 0.3) is 0 Å². The van der Waals surface area contributed by atoms with Gasteiger partial charge in [0.15, 0.2) is 0 Å². The molecule has 0 unspecified atom stereocenters. The Bertz CT molecular complexity index is 350. The Balaban J connectivity index is 2.43. The van der Waals surface area contributed by atoms with Gasteiger partial charge >= 0.3 is 6.01 Å². The van der Waals surface area contributed by atoms with Crippen molar-refractivity contribution >= 4 is 6.01 Å². The Morgan fingerprint density at radius 1 is 1.33 bits per heavy atom. The second-order valence-electron chi connectivity index (χ2n) is 5.47. The van der Waals surface area contributed by atoms with Crippen molar-refractivity contribution in [3.05, 3.63) is 5.89 Å². The molecule has 104 valence electrons. The lowest BCUT2D eigenvalue weighted by atomic mass is 10.1. The molecule has 18 heavy (non-hydrogen) atoms. The van der Waals surface area contributed by atoms with Crippen LogP contribution in [0.3, 0.4) is 0 Å². The van der Waals surface area contributed by atoms with Gasteiger partial charge in [-0.3, -0.25) is 0 Å². The highest BCUT2D eigenvalue weighted by molar-refractivity contribution is 5.22. The number of nitrogens with one attached hydrogen (secondary N) is 2. The molecule has 0 radical (unpaired) electrons. The van der Waals surface area contributed by atoms with E-state index in [1.54, 1.807) is 7.11 Å². The molecule has 0 aromatic carbocycles. The van der Waals surface area contributed by atoms with E-state index < -0.39 is 0 Å². The van der Waals surface area contributed by atoms with Gasteiger partial charge in [-0.2, -0.15) is 0 Å². The van der Waals surface area contributed by atoms with Crippen LogP contribution in [0.4, 0.5) is 6.01 Å². The van der Waals surface area contributed by atoms with Crippen molar-refractivity contribution in [3.8, 4) is 0 Å². The zero-order valence-electron chi connectivity index (χ0n) is 11.9. The average Bonchev–Trinajstić information content (AvgIpc) is 2.64. The standard InChI is InChI=1S/C12H24N4O2/c1-9(2)6-13-7-10-15-16-11(18-10)14-12(3,4)8-17-5/h9,13H,6-8H2,1-5H3,(H,14,16). The molecular formula is C12H24N4O2. The van der Waals surface area contributed by atoms with Gasteiger partial charge in [-0.05, 0) is 26.3 Å². The zero-order valence-corrected chi connectivity index (χ0v) is 11.9. The normalized spacial score (nSPS) is 12.1. The maximum absolute atomic E-state index is 5.50. The minimum absolute atomic E-state index is 0.232. The molecule has 6 nitrogen and oxygen atoms in total. The molecule has 0 bridgehead atoms. The van der Waals surface area contributed by atoms with E-state index in [-0.39, 0.29) is 5.54 Å². The highest BCUT2D eigenvalue weighted by atomic mass is 16.5. The number of nitrogens with zero attached hydrogens (tertiary/aromatic N) is 2. The fourth-order valence-corrected chi connectivity index (χ4v) is 1.53. The zero-order chi connectivity index (χ0) is 13.6. The molecule has 0 fully saturated rings. The van der Waals surface area contributed by atoms with Gasteiger partial charge in [0.2, 0.25) is 5.89 Å². The molecule has 2 N–H and O–H groups in total. The van der Waals surface area contributed by atoms with Crippen molar-refractivity contribution in [2.45, 2.75) is 39.8 Å². The maximum Gasteiger partial charge on any atom is 0.316 e. The quantitative estimate of drug-likeness (QED) is 0.737. The monoisotopic (exact) mass is 256 g/mol. The van der Waals surface area contributed by atoms with E-state index in [0.29, 0.717) is 31.0 Å². The van der Waals surface area contributed by atoms with Crippen LogP contribution in [0.2, 0.25) is 0 Å². The van der Waals surface area contributed by atoms with E-state index in [2.05, 4.69) is 34.7 Å². The summed E-state index contributed by atoms with van der Waals surface area (Å²) in [6.45, 7) is 10.4. The number of rotatable bonds is 8. The van der Waals surface area contributed by atoms with Crippen LogP contribution in [0.15, 0.2) is 4.42 Å². The third kappa shape index (κ3) is 5.46. The van der Waals surface area contributed by atoms with E-state index in [0.717, 1.165) is 6.54 Å². The summed E-state index contributed by atoms with van der Waals surface area (Å²) in [7, 11) is 1.67. The molecule has 0 aliphatic heterocycles. The largest absolute Gasteiger partial charge is 0.407 e. The second kappa shape index (κ2) is 6.70. The minimum atomic E-state index is -0.232. The molecule has 0 aliphatic rings. The molecule has 0 saturated heterocycles. The summed E-state index contributed by atoms with van der Waals surface area (Å²) in [6.07, 6.45) is 0. The van der Waals surface area contributed by atoms with Gasteiger partial charge in [-0.25, -0.2) is 0 Å². The molecule has 6 heteroatoms. The van der Waals surface area contributed by atoms with Crippen molar-refractivity contribution in [2.75, 3.05) is 25.6 Å². The van der Waals surface area contributed by atoms with Crippen LogP contribution in [0.5, 0.6) is 0 Å². The van der Waals surface area contributed by atoms with Crippen LogP contribution >= 0.6 is 0 Å². The predicted molar refractivity (Wildman–Crippen MR) is 70.4 cm³/mol. The molecular weight excluding hydrogens is 232 g/mol. The molecule has 0 aliphatic carbocycles. The first-order chi connectivity index (χ1) is 8.43. The molecule has 1 aromatic rings. The van der Waals surface area contributed by atoms with Gasteiger partial charge < -0.3 is 19.8 Å². The van der Waals surface area contributed by atoms with Crippen LogP contribution in [0, 0.1) is 5.92 Å². The fourth-order valence-electron chi connectivity index (χ4n) is 1.53. The van der Waals surface area contributed by atoms with E-state index in [9.17, 15) is 0 Å². The number of hydrogen-bond acceptors (Lipinski definition) is 6. The van der Waals surface area contributed by atoms with Crippen molar-refractivity contribution in [2.24, 2.45) is 5.92 Å². The van der Waals surface area contributed by atoms with E-state index in [1.807, 2.05) is 13.8 Å². The minimum Gasteiger partial charge on any atom is -0.407 e. The first kappa shape index (κ1) is 14.9. The summed E-state index contributed by atoms with van der Waals surface area (Å²) < 4.78 is 10.6. The van der Waals surface area contributed by atoms with Crippen LogP contribution in [0.1, 0.15) is 33.6 Å². The third-order valence-corrected chi connectivity index (χ3v) is 2.25. The summed E-state index contributed by atoms with van der Waals surface area (Å²) >= 11 is 0. The van der Waals surface area contributed by atoms with E-state index >= 15 is 0 Å². The molecule has 0 amide bonds. The van der Waals surface area contributed by atoms with E-state index in [4.69, 9.17) is 9.15 Å². The predicted octanol–water partition coefficient (Wildman–Crippen LogP) is 1.65. The Kier molecular flexibility index (Phi) is 5.55. The number of hydrogen-bond donors (Lipinski definition) is 2. The molecule has 0 saturated carbocycles. The number of anilines is 1. The Morgan fingerprint density at radius 3 is 2.67 bits per heavy atom. The number of aromatic nitrogens is 2. The summed E-state index contributed by atoms with van der Waals surface area (Å²) in [4.78, 5) is 0. The number of methoxy groups -OCH3 is 1. The van der Waals surface area contributed by atoms with Crippen molar-refractivity contribution in [3.63, 3.8) is 0 Å². The Hall–Kier alpha value is -1.14. The van der Waals surface area contributed by atoms with Crippen LogP contribution in [-0.2, 0) is 11.3 Å². The molecule has 0 atom stereocenters. The molecule has 1 aromatic heterocycles.